The van der Waals surface area contributed by atoms with Crippen molar-refractivity contribution < 1.29 is 14.3 Å². The molecule has 1 heterocycles. The summed E-state index contributed by atoms with van der Waals surface area (Å²) in [7, 11) is 1.67. The Morgan fingerprint density at radius 3 is 2.54 bits per heavy atom. The number of nitrogens with zero attached hydrogens (tertiary/aromatic N) is 1. The van der Waals surface area contributed by atoms with Gasteiger partial charge < -0.3 is 10.1 Å². The second-order valence-corrected chi connectivity index (χ2v) is 5.99. The first-order chi connectivity index (χ1) is 11.6. The second-order valence-electron chi connectivity index (χ2n) is 5.99. The van der Waals surface area contributed by atoms with Crippen LogP contribution in [-0.2, 0) is 4.79 Å². The molecular weight excluding hydrogens is 304 g/mol. The Bertz CT molecular complexity index is 577. The average Bonchev–Trinajstić information content (AvgIpc) is 2.91. The monoisotopic (exact) mass is 330 g/mol. The summed E-state index contributed by atoms with van der Waals surface area (Å²) in [6.07, 6.45) is 7.20. The van der Waals surface area contributed by atoms with Crippen molar-refractivity contribution in [3.8, 4) is 5.75 Å². The van der Waals surface area contributed by atoms with E-state index in [9.17, 15) is 9.59 Å². The summed E-state index contributed by atoms with van der Waals surface area (Å²) in [5.41, 5.74) is 2.58. The van der Waals surface area contributed by atoms with Crippen molar-refractivity contribution >= 4 is 18.0 Å². The van der Waals surface area contributed by atoms with Crippen LogP contribution in [0.4, 0.5) is 4.79 Å². The van der Waals surface area contributed by atoms with E-state index < -0.39 is 0 Å². The van der Waals surface area contributed by atoms with Crippen LogP contribution in [0.15, 0.2) is 29.8 Å². The number of methoxy groups -OCH3 is 1. The molecule has 5 nitrogen and oxygen atoms in total. The molecular formula is C19H26N2O3. The number of amides is 3. The maximum absolute atomic E-state index is 11.5. The number of urea groups is 1. The van der Waals surface area contributed by atoms with Gasteiger partial charge in [0.15, 0.2) is 0 Å². The minimum Gasteiger partial charge on any atom is -0.497 e. The molecule has 1 saturated heterocycles. The molecule has 1 aromatic rings. The summed E-state index contributed by atoms with van der Waals surface area (Å²) >= 11 is 0. The molecule has 0 saturated carbocycles. The van der Waals surface area contributed by atoms with Gasteiger partial charge in [0.2, 0.25) is 5.91 Å². The summed E-state index contributed by atoms with van der Waals surface area (Å²) in [5.74, 6) is 0.736. The Hall–Kier alpha value is -2.30. The molecule has 0 spiro atoms. The molecule has 0 radical (unpaired) electrons. The molecule has 0 aliphatic carbocycles. The fourth-order valence-corrected chi connectivity index (χ4v) is 2.83. The van der Waals surface area contributed by atoms with Gasteiger partial charge in [0.05, 0.1) is 13.7 Å². The van der Waals surface area contributed by atoms with Crippen LogP contribution in [0.2, 0.25) is 0 Å². The summed E-state index contributed by atoms with van der Waals surface area (Å²) in [5, 5.41) is 2.55. The molecule has 0 unspecified atom stereocenters. The number of hydrogen-bond donors (Lipinski definition) is 1. The zero-order valence-electron chi connectivity index (χ0n) is 14.5. The summed E-state index contributed by atoms with van der Waals surface area (Å²) in [6.45, 7) is 2.82. The van der Waals surface area contributed by atoms with Gasteiger partial charge in [-0.15, -0.1) is 0 Å². The van der Waals surface area contributed by atoms with E-state index in [-0.39, 0.29) is 18.5 Å². The van der Waals surface area contributed by atoms with Crippen LogP contribution >= 0.6 is 0 Å². The lowest BCUT2D eigenvalue weighted by Crippen LogP contribution is -2.31. The van der Waals surface area contributed by atoms with E-state index in [4.69, 9.17) is 4.74 Å². The average molecular weight is 330 g/mol. The van der Waals surface area contributed by atoms with Crippen molar-refractivity contribution in [1.82, 2.24) is 10.2 Å². The zero-order valence-corrected chi connectivity index (χ0v) is 14.5. The molecule has 1 aromatic carbocycles. The Balaban J connectivity index is 1.85. The van der Waals surface area contributed by atoms with Gasteiger partial charge in [0.25, 0.3) is 0 Å². The van der Waals surface area contributed by atoms with Gasteiger partial charge in [0, 0.05) is 6.54 Å². The predicted octanol–water partition coefficient (Wildman–Crippen LogP) is 3.60. The van der Waals surface area contributed by atoms with Crippen molar-refractivity contribution in [3.05, 3.63) is 35.4 Å². The van der Waals surface area contributed by atoms with E-state index in [1.165, 1.54) is 16.0 Å². The number of carbonyl (C=O) groups is 2. The quantitative estimate of drug-likeness (QED) is 0.556. The first kappa shape index (κ1) is 18.0. The number of allylic oxidation sites excluding steroid dienone is 1. The van der Waals surface area contributed by atoms with Crippen LogP contribution in [0.5, 0.6) is 5.75 Å². The molecule has 3 amide bonds. The maximum Gasteiger partial charge on any atom is 0.324 e. The first-order valence-electron chi connectivity index (χ1n) is 8.55. The normalized spacial score (nSPS) is 14.9. The van der Waals surface area contributed by atoms with Gasteiger partial charge in [0.1, 0.15) is 5.75 Å². The maximum atomic E-state index is 11.5. The van der Waals surface area contributed by atoms with Crippen molar-refractivity contribution in [1.29, 1.82) is 0 Å². The summed E-state index contributed by atoms with van der Waals surface area (Å²) in [6, 6.07) is 7.78. The molecule has 24 heavy (non-hydrogen) atoms. The van der Waals surface area contributed by atoms with E-state index in [2.05, 4.69) is 30.4 Å². The lowest BCUT2D eigenvalue weighted by atomic mass is 10.0. The SMILES string of the molecule is CCCC(=Cc1ccc(OC)cc1)CCCCN1C(=O)CNC1=O. The zero-order chi connectivity index (χ0) is 17.4. The van der Waals surface area contributed by atoms with E-state index in [0.717, 1.165) is 37.9 Å². The third-order valence-corrected chi connectivity index (χ3v) is 4.12. The molecule has 1 aliphatic rings. The van der Waals surface area contributed by atoms with Crippen LogP contribution in [0, 0.1) is 0 Å². The standard InChI is InChI=1S/C19H26N2O3/c1-3-6-15(13-16-8-10-17(24-2)11-9-16)7-4-5-12-21-18(22)14-20-19(21)23/h8-11,13H,3-7,12,14H2,1-2H3,(H,20,23). The van der Waals surface area contributed by atoms with E-state index in [0.29, 0.717) is 6.54 Å². The fraction of sp³-hybridized carbons (Fsp3) is 0.474. The summed E-state index contributed by atoms with van der Waals surface area (Å²) < 4.78 is 5.18. The number of benzene rings is 1. The number of hydrogen-bond acceptors (Lipinski definition) is 3. The lowest BCUT2D eigenvalue weighted by Gasteiger charge is -2.12. The molecule has 130 valence electrons. The summed E-state index contributed by atoms with van der Waals surface area (Å²) in [4.78, 5) is 24.3. The van der Waals surface area contributed by atoms with Gasteiger partial charge in [-0.25, -0.2) is 4.79 Å². The highest BCUT2D eigenvalue weighted by molar-refractivity contribution is 6.01. The van der Waals surface area contributed by atoms with Gasteiger partial charge in [-0.3, -0.25) is 9.69 Å². The van der Waals surface area contributed by atoms with Gasteiger partial charge in [-0.2, -0.15) is 0 Å². The number of unbranched alkanes of at least 4 members (excludes halogenated alkanes) is 1. The Kier molecular flexibility index (Phi) is 6.85. The molecule has 0 bridgehead atoms. The van der Waals surface area contributed by atoms with Crippen LogP contribution in [0.3, 0.4) is 0 Å². The van der Waals surface area contributed by atoms with Gasteiger partial charge in [-0.1, -0.05) is 37.1 Å². The minimum absolute atomic E-state index is 0.123. The van der Waals surface area contributed by atoms with Crippen molar-refractivity contribution in [2.24, 2.45) is 0 Å². The molecule has 1 fully saturated rings. The van der Waals surface area contributed by atoms with Crippen LogP contribution < -0.4 is 10.1 Å². The Morgan fingerprint density at radius 2 is 1.96 bits per heavy atom. The predicted molar refractivity (Wildman–Crippen MR) is 94.8 cm³/mol. The second kappa shape index (κ2) is 9.11. The number of rotatable bonds is 9. The van der Waals surface area contributed by atoms with Crippen LogP contribution in [-0.4, -0.2) is 37.0 Å². The van der Waals surface area contributed by atoms with Gasteiger partial charge >= 0.3 is 6.03 Å². The third-order valence-electron chi connectivity index (χ3n) is 4.12. The smallest absolute Gasteiger partial charge is 0.324 e. The number of imide groups is 1. The van der Waals surface area contributed by atoms with Crippen LogP contribution in [0.1, 0.15) is 44.6 Å². The molecule has 5 heteroatoms. The molecule has 1 aliphatic heterocycles. The topological polar surface area (TPSA) is 58.6 Å². The Morgan fingerprint density at radius 1 is 1.21 bits per heavy atom. The van der Waals surface area contributed by atoms with Crippen molar-refractivity contribution in [2.45, 2.75) is 39.0 Å². The van der Waals surface area contributed by atoms with Gasteiger partial charge in [-0.05, 0) is 43.4 Å². The van der Waals surface area contributed by atoms with Crippen molar-refractivity contribution in [2.75, 3.05) is 20.2 Å². The van der Waals surface area contributed by atoms with E-state index in [1.54, 1.807) is 7.11 Å². The molecule has 1 N–H and O–H groups in total. The number of carbonyl (C=O) groups excluding carboxylic acids is 2. The van der Waals surface area contributed by atoms with E-state index in [1.807, 2.05) is 12.1 Å². The largest absolute Gasteiger partial charge is 0.497 e. The molecule has 0 aromatic heterocycles. The molecule has 0 atom stereocenters. The first-order valence-corrected chi connectivity index (χ1v) is 8.55. The minimum atomic E-state index is -0.262. The molecule has 2 rings (SSSR count). The third kappa shape index (κ3) is 5.11. The fourth-order valence-electron chi connectivity index (χ4n) is 2.83. The number of nitrogens with one attached hydrogen (secondary N) is 1. The highest BCUT2D eigenvalue weighted by Crippen LogP contribution is 2.20. The number of ether oxygens (including phenoxy) is 1. The highest BCUT2D eigenvalue weighted by atomic mass is 16.5. The highest BCUT2D eigenvalue weighted by Gasteiger charge is 2.27. The Labute approximate surface area is 143 Å². The van der Waals surface area contributed by atoms with Crippen molar-refractivity contribution in [3.63, 3.8) is 0 Å². The van der Waals surface area contributed by atoms with Crippen LogP contribution in [0.25, 0.3) is 6.08 Å². The van der Waals surface area contributed by atoms with E-state index >= 15 is 0 Å². The lowest BCUT2D eigenvalue weighted by molar-refractivity contribution is -0.125.